The third-order valence-electron chi connectivity index (χ3n) is 2.37. The summed E-state index contributed by atoms with van der Waals surface area (Å²) in [5.41, 5.74) is 2.26. The van der Waals surface area contributed by atoms with Gasteiger partial charge in [-0.15, -0.1) is 0 Å². The van der Waals surface area contributed by atoms with Gasteiger partial charge in [0.2, 0.25) is 0 Å². The molecule has 1 aromatic rings. The van der Waals surface area contributed by atoms with Gasteiger partial charge in [-0.3, -0.25) is 4.68 Å². The molecule has 80 valence electrons. The molecule has 0 fully saturated rings. The highest BCUT2D eigenvalue weighted by Crippen LogP contribution is 2.20. The second kappa shape index (κ2) is 5.37. The highest BCUT2D eigenvalue weighted by atomic mass is 35.5. The Morgan fingerprint density at radius 3 is 2.64 bits per heavy atom. The first-order chi connectivity index (χ1) is 6.66. The van der Waals surface area contributed by atoms with Crippen LogP contribution in [0.4, 0.5) is 0 Å². The van der Waals surface area contributed by atoms with E-state index < -0.39 is 0 Å². The monoisotopic (exact) mass is 215 g/mol. The van der Waals surface area contributed by atoms with Gasteiger partial charge in [0.05, 0.1) is 5.69 Å². The Morgan fingerprint density at radius 2 is 2.14 bits per heavy atom. The Kier molecular flexibility index (Phi) is 4.42. The van der Waals surface area contributed by atoms with Crippen molar-refractivity contribution in [2.75, 3.05) is 13.6 Å². The van der Waals surface area contributed by atoms with Crippen LogP contribution in [0.5, 0.6) is 0 Å². The van der Waals surface area contributed by atoms with E-state index in [0.717, 1.165) is 30.2 Å². The minimum atomic E-state index is 0.784. The fraction of sp³-hybridized carbons (Fsp3) is 0.700. The number of halogens is 1. The van der Waals surface area contributed by atoms with Crippen LogP contribution in [0.3, 0.4) is 0 Å². The number of aryl methyl sites for hydroxylation is 2. The summed E-state index contributed by atoms with van der Waals surface area (Å²) in [7, 11) is 3.86. The molecule has 0 amide bonds. The standard InChI is InChI=1S/C10H18ClN3/c1-8-9(6-4-5-7-12-2)10(11)14(3)13-8/h12H,4-7H2,1-3H3. The molecule has 1 heterocycles. The van der Waals surface area contributed by atoms with E-state index in [0.29, 0.717) is 0 Å². The Balaban J connectivity index is 2.49. The van der Waals surface area contributed by atoms with Gasteiger partial charge in [0, 0.05) is 12.6 Å². The average Bonchev–Trinajstić information content (AvgIpc) is 2.38. The van der Waals surface area contributed by atoms with Crippen LogP contribution in [0.1, 0.15) is 24.1 Å². The molecular formula is C10H18ClN3. The molecule has 1 aromatic heterocycles. The summed E-state index contributed by atoms with van der Waals surface area (Å²) in [6.45, 7) is 3.08. The molecule has 4 heteroatoms. The summed E-state index contributed by atoms with van der Waals surface area (Å²) in [5, 5.41) is 8.20. The first-order valence-electron chi connectivity index (χ1n) is 4.99. The van der Waals surface area contributed by atoms with Crippen molar-refractivity contribution in [1.29, 1.82) is 0 Å². The van der Waals surface area contributed by atoms with Crippen molar-refractivity contribution >= 4 is 11.6 Å². The Labute approximate surface area is 90.4 Å². The van der Waals surface area contributed by atoms with Crippen molar-refractivity contribution in [3.8, 4) is 0 Å². The van der Waals surface area contributed by atoms with E-state index in [1.165, 1.54) is 12.0 Å². The molecule has 0 saturated heterocycles. The molecule has 0 aliphatic carbocycles. The summed E-state index contributed by atoms with van der Waals surface area (Å²) >= 11 is 6.11. The molecule has 0 aromatic carbocycles. The Morgan fingerprint density at radius 1 is 1.43 bits per heavy atom. The maximum Gasteiger partial charge on any atom is 0.130 e. The van der Waals surface area contributed by atoms with Crippen LogP contribution < -0.4 is 5.32 Å². The first kappa shape index (κ1) is 11.5. The fourth-order valence-corrected chi connectivity index (χ4v) is 1.83. The molecule has 0 spiro atoms. The van der Waals surface area contributed by atoms with E-state index in [2.05, 4.69) is 10.4 Å². The van der Waals surface area contributed by atoms with E-state index in [1.54, 1.807) is 4.68 Å². The van der Waals surface area contributed by atoms with Crippen molar-refractivity contribution in [3.63, 3.8) is 0 Å². The Bertz CT molecular complexity index is 294. The van der Waals surface area contributed by atoms with Gasteiger partial charge < -0.3 is 5.32 Å². The number of nitrogens with one attached hydrogen (secondary N) is 1. The lowest BCUT2D eigenvalue weighted by molar-refractivity contribution is 0.676. The number of hydrogen-bond donors (Lipinski definition) is 1. The second-order valence-corrected chi connectivity index (χ2v) is 3.90. The van der Waals surface area contributed by atoms with Crippen molar-refractivity contribution in [2.45, 2.75) is 26.2 Å². The van der Waals surface area contributed by atoms with Crippen LogP contribution in [-0.2, 0) is 13.5 Å². The van der Waals surface area contributed by atoms with Crippen molar-refractivity contribution in [2.24, 2.45) is 7.05 Å². The number of rotatable bonds is 5. The topological polar surface area (TPSA) is 29.9 Å². The van der Waals surface area contributed by atoms with Crippen LogP contribution >= 0.6 is 11.6 Å². The second-order valence-electron chi connectivity index (χ2n) is 3.54. The van der Waals surface area contributed by atoms with Crippen LogP contribution in [0.25, 0.3) is 0 Å². The first-order valence-corrected chi connectivity index (χ1v) is 5.37. The van der Waals surface area contributed by atoms with E-state index in [9.17, 15) is 0 Å². The van der Waals surface area contributed by atoms with Gasteiger partial charge in [-0.1, -0.05) is 11.6 Å². The zero-order valence-corrected chi connectivity index (χ0v) is 9.86. The van der Waals surface area contributed by atoms with Gasteiger partial charge in [0.15, 0.2) is 0 Å². The minimum absolute atomic E-state index is 0.784. The van der Waals surface area contributed by atoms with Gasteiger partial charge in [0.1, 0.15) is 5.15 Å². The summed E-state index contributed by atoms with van der Waals surface area (Å²) < 4.78 is 1.74. The molecule has 0 bridgehead atoms. The highest BCUT2D eigenvalue weighted by Gasteiger charge is 2.09. The Hall–Kier alpha value is -0.540. The van der Waals surface area contributed by atoms with Crippen LogP contribution in [0.15, 0.2) is 0 Å². The molecule has 0 aliphatic rings. The molecule has 0 aliphatic heterocycles. The van der Waals surface area contributed by atoms with E-state index in [-0.39, 0.29) is 0 Å². The third kappa shape index (κ3) is 2.72. The molecule has 14 heavy (non-hydrogen) atoms. The predicted octanol–water partition coefficient (Wildman–Crippen LogP) is 1.92. The summed E-state index contributed by atoms with van der Waals surface area (Å²) in [5.74, 6) is 0. The number of aromatic nitrogens is 2. The number of hydrogen-bond acceptors (Lipinski definition) is 2. The molecule has 0 unspecified atom stereocenters. The quantitative estimate of drug-likeness (QED) is 0.761. The molecule has 0 atom stereocenters. The third-order valence-corrected chi connectivity index (χ3v) is 2.85. The van der Waals surface area contributed by atoms with Gasteiger partial charge in [-0.05, 0) is 39.8 Å². The number of nitrogens with zero attached hydrogens (tertiary/aromatic N) is 2. The minimum Gasteiger partial charge on any atom is -0.320 e. The molecule has 1 rings (SSSR count). The lowest BCUT2D eigenvalue weighted by Gasteiger charge is -2.00. The summed E-state index contributed by atoms with van der Waals surface area (Å²) in [4.78, 5) is 0. The predicted molar refractivity (Wildman–Crippen MR) is 59.8 cm³/mol. The SMILES string of the molecule is CNCCCCc1c(C)nn(C)c1Cl. The lowest BCUT2D eigenvalue weighted by Crippen LogP contribution is -2.07. The van der Waals surface area contributed by atoms with Gasteiger partial charge >= 0.3 is 0 Å². The average molecular weight is 216 g/mol. The van der Waals surface area contributed by atoms with Crippen molar-refractivity contribution in [3.05, 3.63) is 16.4 Å². The van der Waals surface area contributed by atoms with Crippen LogP contribution in [0, 0.1) is 6.92 Å². The smallest absolute Gasteiger partial charge is 0.130 e. The summed E-state index contributed by atoms with van der Waals surface area (Å²) in [6.07, 6.45) is 3.37. The largest absolute Gasteiger partial charge is 0.320 e. The maximum absolute atomic E-state index is 6.11. The van der Waals surface area contributed by atoms with E-state index in [4.69, 9.17) is 11.6 Å². The molecule has 0 radical (unpaired) electrons. The van der Waals surface area contributed by atoms with E-state index >= 15 is 0 Å². The van der Waals surface area contributed by atoms with Crippen LogP contribution in [-0.4, -0.2) is 23.4 Å². The van der Waals surface area contributed by atoms with Crippen LogP contribution in [0.2, 0.25) is 5.15 Å². The normalized spacial score (nSPS) is 10.9. The summed E-state index contributed by atoms with van der Waals surface area (Å²) in [6, 6.07) is 0. The van der Waals surface area contributed by atoms with E-state index in [1.807, 2.05) is 21.0 Å². The van der Waals surface area contributed by atoms with Gasteiger partial charge in [-0.2, -0.15) is 5.10 Å². The van der Waals surface area contributed by atoms with Crippen molar-refractivity contribution < 1.29 is 0 Å². The molecule has 0 saturated carbocycles. The van der Waals surface area contributed by atoms with Gasteiger partial charge in [-0.25, -0.2) is 0 Å². The highest BCUT2D eigenvalue weighted by molar-refractivity contribution is 6.30. The molecule has 3 nitrogen and oxygen atoms in total. The number of unbranched alkanes of at least 4 members (excludes halogenated alkanes) is 1. The molecule has 1 N–H and O–H groups in total. The zero-order chi connectivity index (χ0) is 10.6. The fourth-order valence-electron chi connectivity index (χ4n) is 1.56. The molecular weight excluding hydrogens is 198 g/mol. The van der Waals surface area contributed by atoms with Crippen molar-refractivity contribution in [1.82, 2.24) is 15.1 Å². The maximum atomic E-state index is 6.11. The zero-order valence-electron chi connectivity index (χ0n) is 9.10. The van der Waals surface area contributed by atoms with Gasteiger partial charge in [0.25, 0.3) is 0 Å². The lowest BCUT2D eigenvalue weighted by atomic mass is 10.1.